The van der Waals surface area contributed by atoms with Gasteiger partial charge in [-0.05, 0) is 61.8 Å². The predicted molar refractivity (Wildman–Crippen MR) is 174 cm³/mol. The summed E-state index contributed by atoms with van der Waals surface area (Å²) in [5, 5.41) is 9.85. The first kappa shape index (κ1) is 33.1. The number of ether oxygens (including phenoxy) is 3. The predicted octanol–water partition coefficient (Wildman–Crippen LogP) is 3.04. The molecule has 6 atom stereocenters. The number of anilines is 2. The van der Waals surface area contributed by atoms with Crippen LogP contribution in [0.3, 0.4) is 0 Å². The number of rotatable bonds is 9. The zero-order chi connectivity index (χ0) is 33.8. The molecule has 4 aliphatic heterocycles. The highest BCUT2D eigenvalue weighted by Crippen LogP contribution is 2.60. The molecule has 0 radical (unpaired) electrons. The Balaban J connectivity index is 1.35. The summed E-state index contributed by atoms with van der Waals surface area (Å²) >= 11 is 0. The molecule has 4 heterocycles. The van der Waals surface area contributed by atoms with Crippen molar-refractivity contribution in [3.63, 3.8) is 0 Å². The van der Waals surface area contributed by atoms with Crippen LogP contribution in [0.25, 0.3) is 0 Å². The summed E-state index contributed by atoms with van der Waals surface area (Å²) in [4.78, 5) is 68.9. The SMILES string of the molecule is COc1ccc2c(c1)[C@@]1(O[C@H](CC(=O)N3CCC[C@H]3CO)[C@@H]([Si](C)(C)O)[C@@H]1C)C(=O)N2Cc1cccc(N2C(=O)CC2OC(C)=O)c1. The molecule has 252 valence electrons. The maximum atomic E-state index is 14.8. The zero-order valence-corrected chi connectivity index (χ0v) is 28.5. The minimum atomic E-state index is -3.01. The van der Waals surface area contributed by atoms with Crippen molar-refractivity contribution < 1.29 is 43.3 Å². The van der Waals surface area contributed by atoms with Crippen LogP contribution in [0.1, 0.15) is 50.7 Å². The van der Waals surface area contributed by atoms with E-state index in [-0.39, 0.29) is 49.8 Å². The molecule has 0 aliphatic carbocycles. The van der Waals surface area contributed by atoms with Crippen molar-refractivity contribution in [2.45, 2.75) is 88.7 Å². The van der Waals surface area contributed by atoms with Gasteiger partial charge in [-0.1, -0.05) is 19.1 Å². The molecule has 13 heteroatoms. The smallest absolute Gasteiger partial charge is 0.304 e. The Morgan fingerprint density at radius 2 is 1.91 bits per heavy atom. The largest absolute Gasteiger partial charge is 0.497 e. The quantitative estimate of drug-likeness (QED) is 0.235. The molecule has 2 N–H and O–H groups in total. The summed E-state index contributed by atoms with van der Waals surface area (Å²) in [5.41, 5.74) is 0.634. The molecule has 1 spiro atoms. The van der Waals surface area contributed by atoms with Gasteiger partial charge in [0.2, 0.25) is 11.8 Å². The van der Waals surface area contributed by atoms with Gasteiger partial charge in [0.1, 0.15) is 5.75 Å². The molecule has 47 heavy (non-hydrogen) atoms. The average Bonchev–Trinajstić information content (AvgIpc) is 3.67. The summed E-state index contributed by atoms with van der Waals surface area (Å²) in [6.45, 7) is 7.45. The molecule has 0 saturated carbocycles. The molecule has 3 fully saturated rings. The third kappa shape index (κ3) is 5.62. The summed E-state index contributed by atoms with van der Waals surface area (Å²) in [7, 11) is -1.46. The highest BCUT2D eigenvalue weighted by Gasteiger charge is 2.66. The van der Waals surface area contributed by atoms with Crippen LogP contribution in [0, 0.1) is 5.92 Å². The van der Waals surface area contributed by atoms with Gasteiger partial charge in [0.05, 0.1) is 50.9 Å². The van der Waals surface area contributed by atoms with Crippen molar-refractivity contribution in [3.8, 4) is 5.75 Å². The van der Waals surface area contributed by atoms with Crippen molar-refractivity contribution >= 4 is 43.4 Å². The standard InChI is InChI=1S/C34H43N3O9Si/c1-20-32(47(4,5)43)28(16-29(40)35-13-7-10-24(35)19-38)46-34(20)26-15-25(44-3)11-12-27(26)36(33(34)42)18-22-8-6-9-23(14-22)37-30(41)17-31(37)45-21(2)39/h6,8-9,11-12,14-15,20,24,28,31-32,38,43H,7,10,13,16-19H2,1-5H3/t20-,24-,28+,31?,32-,34+/m0/s1. The summed E-state index contributed by atoms with van der Waals surface area (Å²) in [6, 6.07) is 12.4. The van der Waals surface area contributed by atoms with E-state index >= 15 is 0 Å². The highest BCUT2D eigenvalue weighted by atomic mass is 28.4. The van der Waals surface area contributed by atoms with E-state index in [1.807, 2.05) is 32.2 Å². The van der Waals surface area contributed by atoms with E-state index in [1.165, 1.54) is 11.8 Å². The second-order valence-corrected chi connectivity index (χ2v) is 17.6. The monoisotopic (exact) mass is 665 g/mol. The molecule has 2 aromatic carbocycles. The van der Waals surface area contributed by atoms with E-state index in [0.29, 0.717) is 29.2 Å². The maximum absolute atomic E-state index is 14.8. The molecular formula is C34H43N3O9Si. The number of carbonyl (C=O) groups is 4. The fourth-order valence-electron chi connectivity index (χ4n) is 8.15. The van der Waals surface area contributed by atoms with Gasteiger partial charge >= 0.3 is 5.97 Å². The van der Waals surface area contributed by atoms with Crippen molar-refractivity contribution in [3.05, 3.63) is 53.6 Å². The first-order valence-electron chi connectivity index (χ1n) is 16.2. The zero-order valence-electron chi connectivity index (χ0n) is 27.5. The van der Waals surface area contributed by atoms with Crippen LogP contribution in [0.2, 0.25) is 18.6 Å². The number of benzene rings is 2. The third-order valence-corrected chi connectivity index (χ3v) is 12.7. The van der Waals surface area contributed by atoms with Gasteiger partial charge in [0, 0.05) is 36.2 Å². The fourth-order valence-corrected chi connectivity index (χ4v) is 10.7. The van der Waals surface area contributed by atoms with Gasteiger partial charge in [0.25, 0.3) is 5.91 Å². The first-order valence-corrected chi connectivity index (χ1v) is 19.2. The lowest BCUT2D eigenvalue weighted by molar-refractivity contribution is -0.154. The lowest BCUT2D eigenvalue weighted by Gasteiger charge is -2.39. The second-order valence-electron chi connectivity index (χ2n) is 13.6. The van der Waals surface area contributed by atoms with Crippen LogP contribution >= 0.6 is 0 Å². The van der Waals surface area contributed by atoms with Crippen molar-refractivity contribution in [2.24, 2.45) is 5.92 Å². The summed E-state index contributed by atoms with van der Waals surface area (Å²) in [5.74, 6) is -1.03. The summed E-state index contributed by atoms with van der Waals surface area (Å²) < 4.78 is 17.7. The van der Waals surface area contributed by atoms with E-state index in [4.69, 9.17) is 14.2 Å². The first-order chi connectivity index (χ1) is 22.3. The number of aliphatic hydroxyl groups is 1. The van der Waals surface area contributed by atoms with Gasteiger partial charge in [0.15, 0.2) is 20.1 Å². The Bertz CT molecular complexity index is 1590. The number of aliphatic hydroxyl groups excluding tert-OH is 1. The maximum Gasteiger partial charge on any atom is 0.304 e. The lowest BCUT2D eigenvalue weighted by atomic mass is 9.82. The molecule has 0 aromatic heterocycles. The molecule has 6 rings (SSSR count). The normalized spacial score (nSPS) is 28.6. The van der Waals surface area contributed by atoms with E-state index in [9.17, 15) is 29.1 Å². The van der Waals surface area contributed by atoms with Crippen LogP contribution in [0.5, 0.6) is 5.75 Å². The van der Waals surface area contributed by atoms with Gasteiger partial charge < -0.3 is 33.9 Å². The van der Waals surface area contributed by atoms with Crippen LogP contribution in [0.15, 0.2) is 42.5 Å². The highest BCUT2D eigenvalue weighted by molar-refractivity contribution is 6.71. The van der Waals surface area contributed by atoms with E-state index in [0.717, 1.165) is 18.4 Å². The lowest BCUT2D eigenvalue weighted by Crippen LogP contribution is -2.54. The fraction of sp³-hybridized carbons (Fsp3) is 0.529. The Hall–Kier alpha value is -3.78. The Kier molecular flexibility index (Phi) is 8.70. The minimum Gasteiger partial charge on any atom is -0.497 e. The van der Waals surface area contributed by atoms with E-state index in [2.05, 4.69) is 0 Å². The Labute approximate surface area is 275 Å². The number of hydrogen-bond donors (Lipinski definition) is 2. The van der Waals surface area contributed by atoms with Crippen LogP contribution < -0.4 is 14.5 Å². The van der Waals surface area contributed by atoms with Crippen LogP contribution in [-0.4, -0.2) is 85.4 Å². The Morgan fingerprint density at radius 3 is 2.57 bits per heavy atom. The average molecular weight is 666 g/mol. The van der Waals surface area contributed by atoms with Gasteiger partial charge in [-0.3, -0.25) is 24.1 Å². The topological polar surface area (TPSA) is 146 Å². The van der Waals surface area contributed by atoms with Crippen molar-refractivity contribution in [1.82, 2.24) is 4.90 Å². The number of esters is 1. The number of methoxy groups -OCH3 is 1. The minimum absolute atomic E-state index is 0.00770. The van der Waals surface area contributed by atoms with E-state index < -0.39 is 43.7 Å². The van der Waals surface area contributed by atoms with Crippen LogP contribution in [-0.2, 0) is 40.8 Å². The second kappa shape index (κ2) is 12.3. The summed E-state index contributed by atoms with van der Waals surface area (Å²) in [6.07, 6.45) is 0.247. The number of fused-ring (bicyclic) bond motifs is 2. The Morgan fingerprint density at radius 1 is 1.15 bits per heavy atom. The number of hydrogen-bond acceptors (Lipinski definition) is 9. The molecule has 4 aliphatic rings. The third-order valence-electron chi connectivity index (χ3n) is 10.2. The number of nitrogens with zero attached hydrogens (tertiary/aromatic N) is 3. The van der Waals surface area contributed by atoms with Gasteiger partial charge in [-0.2, -0.15) is 0 Å². The molecule has 2 aromatic rings. The van der Waals surface area contributed by atoms with Crippen molar-refractivity contribution in [2.75, 3.05) is 30.1 Å². The van der Waals surface area contributed by atoms with Crippen molar-refractivity contribution in [1.29, 1.82) is 0 Å². The molecule has 0 bridgehead atoms. The molecule has 1 unspecified atom stereocenters. The number of β-lactam (4-membered cyclic amide) rings is 1. The molecular weight excluding hydrogens is 622 g/mol. The molecule has 3 amide bonds. The molecule has 3 saturated heterocycles. The van der Waals surface area contributed by atoms with Gasteiger partial charge in [-0.25, -0.2) is 0 Å². The number of likely N-dealkylation sites (tertiary alicyclic amines) is 1. The molecule has 12 nitrogen and oxygen atoms in total. The van der Waals surface area contributed by atoms with Gasteiger partial charge in [-0.15, -0.1) is 0 Å². The van der Waals surface area contributed by atoms with E-state index in [1.54, 1.807) is 47.2 Å². The number of amides is 3. The number of carbonyl (C=O) groups excluding carboxylic acids is 4. The van der Waals surface area contributed by atoms with Crippen LogP contribution in [0.4, 0.5) is 11.4 Å².